The highest BCUT2D eigenvalue weighted by Crippen LogP contribution is 2.20. The van der Waals surface area contributed by atoms with Crippen molar-refractivity contribution in [1.82, 2.24) is 5.32 Å². The predicted octanol–water partition coefficient (Wildman–Crippen LogP) is 4.56. The third-order valence-corrected chi connectivity index (χ3v) is 3.97. The monoisotopic (exact) mass is 329 g/mol. The summed E-state index contributed by atoms with van der Waals surface area (Å²) in [7, 11) is 0. The van der Waals surface area contributed by atoms with Crippen molar-refractivity contribution in [3.8, 4) is 5.75 Å². The molecule has 0 fully saturated rings. The van der Waals surface area contributed by atoms with Gasteiger partial charge in [-0.25, -0.2) is 4.39 Å². The van der Waals surface area contributed by atoms with E-state index in [4.69, 9.17) is 4.74 Å². The predicted molar refractivity (Wildman–Crippen MR) is 93.5 cm³/mol. The van der Waals surface area contributed by atoms with Gasteiger partial charge < -0.3 is 10.1 Å². The first-order valence-corrected chi connectivity index (χ1v) is 8.33. The maximum absolute atomic E-state index is 13.7. The minimum absolute atomic E-state index is 0.0867. The van der Waals surface area contributed by atoms with Crippen LogP contribution in [0.25, 0.3) is 0 Å². The van der Waals surface area contributed by atoms with Crippen LogP contribution in [0.5, 0.6) is 5.75 Å². The van der Waals surface area contributed by atoms with Crippen LogP contribution < -0.4 is 10.1 Å². The first-order chi connectivity index (χ1) is 11.5. The maximum Gasteiger partial charge on any atom is 0.261 e. The zero-order chi connectivity index (χ0) is 17.5. The number of amides is 1. The van der Waals surface area contributed by atoms with Crippen molar-refractivity contribution in [2.45, 2.75) is 45.8 Å². The number of carbonyl (C=O) groups is 1. The lowest BCUT2D eigenvalue weighted by Gasteiger charge is -2.22. The Kier molecular flexibility index (Phi) is 6.36. The number of aryl methyl sites for hydroxylation is 1. The summed E-state index contributed by atoms with van der Waals surface area (Å²) in [5, 5.41) is 3.01. The van der Waals surface area contributed by atoms with Gasteiger partial charge in [-0.05, 0) is 37.5 Å². The van der Waals surface area contributed by atoms with E-state index in [9.17, 15) is 9.18 Å². The summed E-state index contributed by atoms with van der Waals surface area (Å²) < 4.78 is 19.3. The number of nitrogens with one attached hydrogen (secondary N) is 1. The molecule has 2 rings (SSSR count). The Labute approximate surface area is 142 Å². The van der Waals surface area contributed by atoms with Gasteiger partial charge in [-0.3, -0.25) is 4.79 Å². The first-order valence-electron chi connectivity index (χ1n) is 8.33. The van der Waals surface area contributed by atoms with E-state index in [1.54, 1.807) is 12.1 Å². The molecule has 1 amide bonds. The molecule has 2 atom stereocenters. The van der Waals surface area contributed by atoms with Crippen LogP contribution in [0.15, 0.2) is 48.5 Å². The fourth-order valence-electron chi connectivity index (χ4n) is 2.50. The molecule has 0 aromatic heterocycles. The summed E-state index contributed by atoms with van der Waals surface area (Å²) >= 11 is 0. The van der Waals surface area contributed by atoms with Gasteiger partial charge in [0.25, 0.3) is 5.91 Å². The van der Waals surface area contributed by atoms with Crippen molar-refractivity contribution in [1.29, 1.82) is 0 Å². The van der Waals surface area contributed by atoms with Gasteiger partial charge in [-0.2, -0.15) is 0 Å². The van der Waals surface area contributed by atoms with Gasteiger partial charge in [-0.1, -0.05) is 55.8 Å². The molecule has 0 aliphatic rings. The second kappa shape index (κ2) is 8.48. The van der Waals surface area contributed by atoms with Crippen molar-refractivity contribution >= 4 is 5.91 Å². The lowest BCUT2D eigenvalue weighted by molar-refractivity contribution is -0.129. The van der Waals surface area contributed by atoms with Crippen LogP contribution in [0.1, 0.15) is 43.9 Å². The molecule has 1 N–H and O–H groups in total. The van der Waals surface area contributed by atoms with E-state index < -0.39 is 11.9 Å². The Bertz CT molecular complexity index is 670. The quantitative estimate of drug-likeness (QED) is 0.809. The zero-order valence-electron chi connectivity index (χ0n) is 14.4. The van der Waals surface area contributed by atoms with Crippen LogP contribution in [0, 0.1) is 12.7 Å². The highest BCUT2D eigenvalue weighted by atomic mass is 19.1. The maximum atomic E-state index is 13.7. The molecule has 4 heteroatoms. The molecule has 0 saturated heterocycles. The van der Waals surface area contributed by atoms with Crippen LogP contribution >= 0.6 is 0 Å². The molecule has 3 nitrogen and oxygen atoms in total. The van der Waals surface area contributed by atoms with E-state index in [1.807, 2.05) is 45.0 Å². The molecular formula is C20H24FNO2. The highest BCUT2D eigenvalue weighted by Gasteiger charge is 2.22. The molecule has 0 saturated carbocycles. The van der Waals surface area contributed by atoms with Gasteiger partial charge in [-0.15, -0.1) is 0 Å². The molecule has 0 aliphatic heterocycles. The van der Waals surface area contributed by atoms with E-state index in [0.29, 0.717) is 6.42 Å². The molecule has 128 valence electrons. The molecule has 0 heterocycles. The van der Waals surface area contributed by atoms with Crippen LogP contribution in [-0.4, -0.2) is 12.0 Å². The Hall–Kier alpha value is -2.36. The van der Waals surface area contributed by atoms with Crippen molar-refractivity contribution in [2.24, 2.45) is 0 Å². The van der Waals surface area contributed by atoms with Crippen molar-refractivity contribution in [3.63, 3.8) is 0 Å². The second-order valence-corrected chi connectivity index (χ2v) is 5.83. The van der Waals surface area contributed by atoms with Gasteiger partial charge in [0.15, 0.2) is 17.7 Å². The third-order valence-electron chi connectivity index (χ3n) is 3.97. The number of halogens is 1. The van der Waals surface area contributed by atoms with Crippen molar-refractivity contribution in [3.05, 3.63) is 65.5 Å². The second-order valence-electron chi connectivity index (χ2n) is 5.83. The van der Waals surface area contributed by atoms with Gasteiger partial charge >= 0.3 is 0 Å². The Morgan fingerprint density at radius 3 is 2.33 bits per heavy atom. The number of hydrogen-bond donors (Lipinski definition) is 1. The number of para-hydroxylation sites is 1. The lowest BCUT2D eigenvalue weighted by atomic mass is 10.0. The third kappa shape index (κ3) is 4.57. The fraction of sp³-hybridized carbons (Fsp3) is 0.350. The van der Waals surface area contributed by atoms with Crippen molar-refractivity contribution < 1.29 is 13.9 Å². The van der Waals surface area contributed by atoms with Crippen LogP contribution in [-0.2, 0) is 4.79 Å². The van der Waals surface area contributed by atoms with E-state index in [-0.39, 0.29) is 17.7 Å². The standard InChI is InChI=1S/C20H24FNO2/c1-4-17(15-12-10-14(3)11-13-15)22-20(23)18(5-2)24-19-9-7-6-8-16(19)21/h6-13,17-18H,4-5H2,1-3H3,(H,22,23)/t17-,18-/m0/s1. The van der Waals surface area contributed by atoms with Gasteiger partial charge in [0.1, 0.15) is 0 Å². The molecule has 0 radical (unpaired) electrons. The van der Waals surface area contributed by atoms with Crippen LogP contribution in [0.2, 0.25) is 0 Å². The number of hydrogen-bond acceptors (Lipinski definition) is 2. The minimum Gasteiger partial charge on any atom is -0.478 e. The largest absolute Gasteiger partial charge is 0.478 e. The van der Waals surface area contributed by atoms with E-state index in [1.165, 1.54) is 17.7 Å². The summed E-state index contributed by atoms with van der Waals surface area (Å²) in [5.74, 6) is -0.592. The van der Waals surface area contributed by atoms with E-state index in [2.05, 4.69) is 5.32 Å². The lowest BCUT2D eigenvalue weighted by Crippen LogP contribution is -2.40. The summed E-state index contributed by atoms with van der Waals surface area (Å²) in [6, 6.07) is 14.1. The summed E-state index contributed by atoms with van der Waals surface area (Å²) in [6.45, 7) is 5.89. The highest BCUT2D eigenvalue weighted by molar-refractivity contribution is 5.81. The average Bonchev–Trinajstić information content (AvgIpc) is 2.59. The zero-order valence-corrected chi connectivity index (χ0v) is 14.4. The van der Waals surface area contributed by atoms with Gasteiger partial charge in [0.2, 0.25) is 0 Å². The Morgan fingerprint density at radius 2 is 1.75 bits per heavy atom. The normalized spacial score (nSPS) is 13.2. The molecule has 0 spiro atoms. The van der Waals surface area contributed by atoms with Crippen LogP contribution in [0.3, 0.4) is 0 Å². The van der Waals surface area contributed by atoms with Crippen molar-refractivity contribution in [2.75, 3.05) is 0 Å². The Morgan fingerprint density at radius 1 is 1.08 bits per heavy atom. The van der Waals surface area contributed by atoms with Gasteiger partial charge in [0, 0.05) is 0 Å². The molecule has 0 aliphatic carbocycles. The minimum atomic E-state index is -0.721. The SMILES string of the molecule is CC[C@H](Oc1ccccc1F)C(=O)N[C@@H](CC)c1ccc(C)cc1. The summed E-state index contributed by atoms with van der Waals surface area (Å²) in [4.78, 5) is 12.5. The summed E-state index contributed by atoms with van der Waals surface area (Å²) in [5.41, 5.74) is 2.23. The number of carbonyl (C=O) groups excluding carboxylic acids is 1. The number of ether oxygens (including phenoxy) is 1. The molecular weight excluding hydrogens is 305 g/mol. The molecule has 0 unspecified atom stereocenters. The smallest absolute Gasteiger partial charge is 0.261 e. The van der Waals surface area contributed by atoms with E-state index >= 15 is 0 Å². The number of benzene rings is 2. The summed E-state index contributed by atoms with van der Waals surface area (Å²) in [6.07, 6.45) is 0.511. The Balaban J connectivity index is 2.07. The topological polar surface area (TPSA) is 38.3 Å². The molecule has 2 aromatic carbocycles. The molecule has 2 aromatic rings. The first kappa shape index (κ1) is 18.0. The van der Waals surface area contributed by atoms with Crippen LogP contribution in [0.4, 0.5) is 4.39 Å². The van der Waals surface area contributed by atoms with E-state index in [0.717, 1.165) is 12.0 Å². The number of rotatable bonds is 7. The van der Waals surface area contributed by atoms with Gasteiger partial charge in [0.05, 0.1) is 6.04 Å². The molecule has 0 bridgehead atoms. The fourth-order valence-corrected chi connectivity index (χ4v) is 2.50. The average molecular weight is 329 g/mol. The molecule has 24 heavy (non-hydrogen) atoms.